The normalized spacial score (nSPS) is 22.2. The van der Waals surface area contributed by atoms with Crippen LogP contribution in [0.15, 0.2) is 72.8 Å². The van der Waals surface area contributed by atoms with Gasteiger partial charge < -0.3 is 66.5 Å². The van der Waals surface area contributed by atoms with Crippen molar-refractivity contribution in [1.29, 1.82) is 0 Å². The molecule has 10 atom stereocenters. The standard InChI is InChI=1S/C48H64N6O13/c1-27-22-31(55)23-28(2)32(27)26-33(49)45(62)54-21-13-19-36(54)43(60)51-34(24-29-14-7-5-8-15-29)42(59)52-35(25-30-16-9-6-10-17-30)46(63)53(3)37(47(64)65)18-11-12-20-50-44(61)41-39(57)38(56)40(58)48(66-4)67-41/h5-10,14-17,22-23,33-41,48,55-58H,11-13,18-21,24-26,49H2,1-4H3,(H,50,61)(H,51,60)(H,52,59)(H,64,65)/t33-,34-,35-,36-,37-,38-,39-,40+,41-,48+/m0/s1. The number of hydrogen-bond donors (Lipinski definition) is 9. The third-order valence-corrected chi connectivity index (χ3v) is 12.4. The number of nitrogens with two attached hydrogens (primary N) is 1. The van der Waals surface area contributed by atoms with Crippen molar-refractivity contribution >= 4 is 35.5 Å². The summed E-state index contributed by atoms with van der Waals surface area (Å²) in [5, 5.41) is 58.9. The molecule has 2 aliphatic heterocycles. The minimum Gasteiger partial charge on any atom is -0.508 e. The second-order valence-corrected chi connectivity index (χ2v) is 17.3. The number of aromatic hydroxyl groups is 1. The lowest BCUT2D eigenvalue weighted by atomic mass is 9.95. The number of methoxy groups -OCH3 is 1. The van der Waals surface area contributed by atoms with Gasteiger partial charge in [-0.05, 0) is 92.3 Å². The monoisotopic (exact) mass is 932 g/mol. The summed E-state index contributed by atoms with van der Waals surface area (Å²) in [6.07, 6.45) is -6.46. The number of aliphatic carboxylic acids is 1. The Kier molecular flexibility index (Phi) is 18.8. The maximum atomic E-state index is 14.4. The van der Waals surface area contributed by atoms with Gasteiger partial charge in [0.05, 0.1) is 6.04 Å². The number of carbonyl (C=O) groups excluding carboxylic acids is 5. The van der Waals surface area contributed by atoms with Gasteiger partial charge in [0, 0.05) is 40.1 Å². The number of carbonyl (C=O) groups is 6. The number of phenols is 1. The summed E-state index contributed by atoms with van der Waals surface area (Å²) in [6, 6.07) is 15.2. The first-order chi connectivity index (χ1) is 31.9. The van der Waals surface area contributed by atoms with Crippen molar-refractivity contribution in [1.82, 2.24) is 25.8 Å². The average Bonchev–Trinajstić information content (AvgIpc) is 3.80. The minimum atomic E-state index is -1.73. The van der Waals surface area contributed by atoms with E-state index in [1.165, 1.54) is 19.1 Å². The van der Waals surface area contributed by atoms with Crippen molar-refractivity contribution in [2.75, 3.05) is 27.2 Å². The van der Waals surface area contributed by atoms with Crippen LogP contribution in [0.2, 0.25) is 0 Å². The van der Waals surface area contributed by atoms with Crippen LogP contribution in [0.1, 0.15) is 59.9 Å². The number of nitrogens with one attached hydrogen (secondary N) is 3. The predicted molar refractivity (Wildman–Crippen MR) is 243 cm³/mol. The molecule has 0 spiro atoms. The van der Waals surface area contributed by atoms with E-state index in [0.717, 1.165) is 21.6 Å². The summed E-state index contributed by atoms with van der Waals surface area (Å²) in [7, 11) is 2.53. The number of aryl methyl sites for hydroxylation is 2. The maximum Gasteiger partial charge on any atom is 0.326 e. The molecule has 0 aliphatic carbocycles. The van der Waals surface area contributed by atoms with Crippen LogP contribution in [0.25, 0.3) is 0 Å². The molecule has 5 rings (SSSR count). The molecule has 0 saturated carbocycles. The number of aliphatic hydroxyl groups is 3. The predicted octanol–water partition coefficient (Wildman–Crippen LogP) is -0.0231. The fourth-order valence-corrected chi connectivity index (χ4v) is 8.68. The smallest absolute Gasteiger partial charge is 0.326 e. The molecule has 2 saturated heterocycles. The number of ether oxygens (including phenoxy) is 2. The van der Waals surface area contributed by atoms with E-state index in [1.54, 1.807) is 72.8 Å². The van der Waals surface area contributed by atoms with Crippen molar-refractivity contribution in [3.63, 3.8) is 0 Å². The first kappa shape index (κ1) is 52.0. The van der Waals surface area contributed by atoms with Crippen LogP contribution in [-0.4, -0.2) is 159 Å². The van der Waals surface area contributed by atoms with Crippen LogP contribution in [0.5, 0.6) is 5.75 Å². The highest BCUT2D eigenvalue weighted by atomic mass is 16.7. The van der Waals surface area contributed by atoms with Crippen LogP contribution in [0.4, 0.5) is 0 Å². The zero-order valence-corrected chi connectivity index (χ0v) is 38.2. The number of amides is 5. The Morgan fingerprint density at radius 3 is 2.01 bits per heavy atom. The fraction of sp³-hybridized carbons (Fsp3) is 0.500. The quantitative estimate of drug-likeness (QED) is 0.0635. The summed E-state index contributed by atoms with van der Waals surface area (Å²) in [6.45, 7) is 3.94. The van der Waals surface area contributed by atoms with E-state index in [9.17, 15) is 54.3 Å². The second kappa shape index (κ2) is 24.2. The summed E-state index contributed by atoms with van der Waals surface area (Å²) >= 11 is 0. The highest BCUT2D eigenvalue weighted by Crippen LogP contribution is 2.25. The summed E-state index contributed by atoms with van der Waals surface area (Å²) < 4.78 is 10.3. The van der Waals surface area contributed by atoms with Gasteiger partial charge in [0.2, 0.25) is 23.6 Å². The third-order valence-electron chi connectivity index (χ3n) is 12.4. The zero-order chi connectivity index (χ0) is 48.9. The Bertz CT molecular complexity index is 2160. The number of unbranched alkanes of at least 4 members (excludes halogenated alkanes) is 1. The van der Waals surface area contributed by atoms with Crippen molar-refractivity contribution in [3.05, 3.63) is 101 Å². The van der Waals surface area contributed by atoms with Gasteiger partial charge in [-0.3, -0.25) is 24.0 Å². The molecule has 0 radical (unpaired) electrons. The van der Waals surface area contributed by atoms with Gasteiger partial charge in [0.25, 0.3) is 5.91 Å². The number of nitrogens with zero attached hydrogens (tertiary/aromatic N) is 2. The molecule has 0 unspecified atom stereocenters. The number of carboxylic acid groups (broad SMARTS) is 1. The first-order valence-corrected chi connectivity index (χ1v) is 22.4. The molecule has 67 heavy (non-hydrogen) atoms. The molecule has 364 valence electrons. The van der Waals surface area contributed by atoms with Gasteiger partial charge in [-0.15, -0.1) is 0 Å². The molecule has 2 heterocycles. The van der Waals surface area contributed by atoms with Crippen molar-refractivity contribution < 1.29 is 63.8 Å². The Morgan fingerprint density at radius 1 is 0.836 bits per heavy atom. The van der Waals surface area contributed by atoms with Gasteiger partial charge in [-0.1, -0.05) is 60.7 Å². The van der Waals surface area contributed by atoms with Crippen LogP contribution < -0.4 is 21.7 Å². The fourth-order valence-electron chi connectivity index (χ4n) is 8.68. The number of likely N-dealkylation sites (tertiary alicyclic amines) is 1. The lowest BCUT2D eigenvalue weighted by molar-refractivity contribution is -0.283. The highest BCUT2D eigenvalue weighted by Gasteiger charge is 2.47. The molecule has 3 aromatic carbocycles. The average molecular weight is 933 g/mol. The third kappa shape index (κ3) is 13.6. The SMILES string of the molecule is CO[C@@H]1O[C@H](C(=O)NCCCC[C@@H](C(=O)O)N(C)C(=O)[C@H](Cc2ccccc2)NC(=O)[C@H](Cc2ccccc2)NC(=O)[C@@H]2CCCN2C(=O)[C@@H](N)Cc2c(C)cc(O)cc2C)[C@@H](O)[C@H](O)[C@H]1O. The van der Waals surface area contributed by atoms with Gasteiger partial charge in [-0.2, -0.15) is 0 Å². The summed E-state index contributed by atoms with van der Waals surface area (Å²) in [4.78, 5) is 84.7. The maximum absolute atomic E-state index is 14.4. The van der Waals surface area contributed by atoms with Crippen molar-refractivity contribution in [2.45, 2.75) is 126 Å². The van der Waals surface area contributed by atoms with E-state index in [2.05, 4.69) is 16.0 Å². The number of hydrogen-bond acceptors (Lipinski definition) is 13. The number of carboxylic acids is 1. The lowest BCUT2D eigenvalue weighted by Gasteiger charge is -2.38. The summed E-state index contributed by atoms with van der Waals surface area (Å²) in [5.41, 5.74) is 10.2. The molecule has 5 amide bonds. The number of rotatable bonds is 21. The van der Waals surface area contributed by atoms with Gasteiger partial charge in [-0.25, -0.2) is 4.79 Å². The largest absolute Gasteiger partial charge is 0.508 e. The highest BCUT2D eigenvalue weighted by molar-refractivity contribution is 5.96. The zero-order valence-electron chi connectivity index (χ0n) is 38.2. The van der Waals surface area contributed by atoms with Gasteiger partial charge in [0.15, 0.2) is 12.4 Å². The topological polar surface area (TPSA) is 291 Å². The second-order valence-electron chi connectivity index (χ2n) is 17.3. The molecular formula is C48H64N6O13. The lowest BCUT2D eigenvalue weighted by Crippen LogP contribution is -2.61. The molecular weight excluding hydrogens is 869 g/mol. The molecule has 0 aromatic heterocycles. The molecule has 10 N–H and O–H groups in total. The number of aliphatic hydroxyl groups excluding tert-OH is 3. The van der Waals surface area contributed by atoms with E-state index in [1.807, 2.05) is 13.8 Å². The number of likely N-dealkylation sites (N-methyl/N-ethyl adjacent to an activating group) is 1. The Hall–Kier alpha value is -5.96. The van der Waals surface area contributed by atoms with Crippen LogP contribution in [0.3, 0.4) is 0 Å². The van der Waals surface area contributed by atoms with E-state index in [0.29, 0.717) is 24.0 Å². The van der Waals surface area contributed by atoms with E-state index < -0.39 is 96.4 Å². The van der Waals surface area contributed by atoms with Crippen LogP contribution in [0, 0.1) is 13.8 Å². The number of benzene rings is 3. The molecule has 19 nitrogen and oxygen atoms in total. The van der Waals surface area contributed by atoms with Crippen LogP contribution >= 0.6 is 0 Å². The Labute approximate surface area is 389 Å². The van der Waals surface area contributed by atoms with Gasteiger partial charge >= 0.3 is 5.97 Å². The number of phenolic OH excluding ortho intramolecular Hbond substituents is 1. The molecule has 19 heteroatoms. The molecule has 0 bridgehead atoms. The Morgan fingerprint density at radius 2 is 1.43 bits per heavy atom. The van der Waals surface area contributed by atoms with Crippen molar-refractivity contribution in [2.24, 2.45) is 5.73 Å². The summed E-state index contributed by atoms with van der Waals surface area (Å²) in [5.74, 6) is -4.41. The van der Waals surface area contributed by atoms with Crippen molar-refractivity contribution in [3.8, 4) is 5.75 Å². The van der Waals surface area contributed by atoms with E-state index >= 15 is 0 Å². The van der Waals surface area contributed by atoms with E-state index in [-0.39, 0.29) is 57.4 Å². The van der Waals surface area contributed by atoms with E-state index in [4.69, 9.17) is 15.2 Å². The Balaban J connectivity index is 1.27. The minimum absolute atomic E-state index is 0.0195. The van der Waals surface area contributed by atoms with Gasteiger partial charge in [0.1, 0.15) is 48.2 Å². The molecule has 3 aromatic rings. The molecule has 2 aliphatic rings. The van der Waals surface area contributed by atoms with Crippen LogP contribution in [-0.2, 0) is 57.5 Å². The first-order valence-electron chi connectivity index (χ1n) is 22.4. The molecule has 2 fully saturated rings.